The van der Waals surface area contributed by atoms with Gasteiger partial charge in [-0.1, -0.05) is 5.11 Å². The number of hydrogen-bond donors (Lipinski definition) is 1. The lowest BCUT2D eigenvalue weighted by Crippen LogP contribution is -1.99. The van der Waals surface area contributed by atoms with Crippen LogP contribution in [0.2, 0.25) is 0 Å². The van der Waals surface area contributed by atoms with Gasteiger partial charge in [-0.05, 0) is 36.2 Å². The first kappa shape index (κ1) is 24.1. The molecular weight excluding hydrogens is 398 g/mol. The number of ether oxygens (including phenoxy) is 2. The van der Waals surface area contributed by atoms with Gasteiger partial charge in [-0.15, -0.1) is 0 Å². The minimum Gasteiger partial charge on any atom is -0.494 e. The minimum absolute atomic E-state index is 0.0291. The number of benzene rings is 2. The van der Waals surface area contributed by atoms with Crippen LogP contribution in [0.1, 0.15) is 12.8 Å². The Bertz CT molecular complexity index is 837. The Labute approximate surface area is 171 Å². The summed E-state index contributed by atoms with van der Waals surface area (Å²) in [5.74, 6) is 1.13. The second-order valence-corrected chi connectivity index (χ2v) is 5.58. The van der Waals surface area contributed by atoms with Gasteiger partial charge in [0, 0.05) is 48.7 Å². The van der Waals surface area contributed by atoms with E-state index in [1.54, 1.807) is 0 Å². The van der Waals surface area contributed by atoms with Crippen LogP contribution in [-0.2, 0) is 0 Å². The van der Waals surface area contributed by atoms with Crippen molar-refractivity contribution in [2.75, 3.05) is 26.4 Å². The fourth-order valence-corrected chi connectivity index (χ4v) is 1.95. The number of nitrogens with zero attached hydrogens (tertiary/aromatic N) is 5. The molecule has 0 saturated carbocycles. The second-order valence-electron chi connectivity index (χ2n) is 5.58. The van der Waals surface area contributed by atoms with Crippen LogP contribution in [0, 0.1) is 20.2 Å². The number of hydrogen-bond acceptors (Lipinski definition) is 8. The molecule has 0 radical (unpaired) electrons. The van der Waals surface area contributed by atoms with Gasteiger partial charge in [0.25, 0.3) is 11.4 Å². The molecule has 2 aromatic rings. The van der Waals surface area contributed by atoms with Gasteiger partial charge >= 0.3 is 0 Å². The van der Waals surface area contributed by atoms with Gasteiger partial charge in [-0.25, -0.2) is 0 Å². The minimum atomic E-state index is -0.467. The third kappa shape index (κ3) is 9.88. The highest BCUT2D eigenvalue weighted by atomic mass is 16.6. The molecule has 0 atom stereocenters. The van der Waals surface area contributed by atoms with E-state index < -0.39 is 9.85 Å². The van der Waals surface area contributed by atoms with Gasteiger partial charge in [0.2, 0.25) is 0 Å². The Balaban J connectivity index is 0.000000303. The van der Waals surface area contributed by atoms with E-state index in [0.29, 0.717) is 44.1 Å². The second kappa shape index (κ2) is 14.2. The van der Waals surface area contributed by atoms with Crippen molar-refractivity contribution in [3.63, 3.8) is 0 Å². The van der Waals surface area contributed by atoms with Gasteiger partial charge in [0.1, 0.15) is 11.5 Å². The lowest BCUT2D eigenvalue weighted by atomic mass is 10.3. The predicted molar refractivity (Wildman–Crippen MR) is 108 cm³/mol. The van der Waals surface area contributed by atoms with Crippen LogP contribution in [0.3, 0.4) is 0 Å². The van der Waals surface area contributed by atoms with Crippen molar-refractivity contribution in [3.8, 4) is 11.5 Å². The Morgan fingerprint density at radius 2 is 1.30 bits per heavy atom. The maximum absolute atomic E-state index is 10.4. The number of nitro benzene ring substituents is 2. The highest BCUT2D eigenvalue weighted by Crippen LogP contribution is 2.18. The number of aliphatic hydroxyl groups excluding tert-OH is 1. The molecule has 2 rings (SSSR count). The third-order valence-corrected chi connectivity index (χ3v) is 3.40. The Morgan fingerprint density at radius 3 is 1.67 bits per heavy atom. The van der Waals surface area contributed by atoms with Crippen LogP contribution >= 0.6 is 0 Å². The first-order valence-electron chi connectivity index (χ1n) is 8.84. The van der Waals surface area contributed by atoms with Crippen molar-refractivity contribution < 1.29 is 24.4 Å². The highest BCUT2D eigenvalue weighted by Gasteiger charge is 2.04. The topological polar surface area (TPSA) is 174 Å². The number of aliphatic hydroxyl groups is 1. The highest BCUT2D eigenvalue weighted by molar-refractivity contribution is 5.36. The van der Waals surface area contributed by atoms with Gasteiger partial charge in [-0.2, -0.15) is 0 Å². The van der Waals surface area contributed by atoms with Gasteiger partial charge < -0.3 is 14.6 Å². The van der Waals surface area contributed by atoms with Gasteiger partial charge in [0.15, 0.2) is 0 Å². The van der Waals surface area contributed by atoms with Crippen LogP contribution < -0.4 is 9.47 Å². The van der Waals surface area contributed by atoms with Crippen molar-refractivity contribution in [2.24, 2.45) is 5.11 Å². The molecule has 0 saturated heterocycles. The van der Waals surface area contributed by atoms with E-state index in [1.807, 2.05) is 0 Å². The molecule has 0 fully saturated rings. The molecule has 1 N–H and O–H groups in total. The fraction of sp³-hybridized carbons (Fsp3) is 0.333. The molecule has 0 heterocycles. The summed E-state index contributed by atoms with van der Waals surface area (Å²) >= 11 is 0. The molecule has 0 aliphatic rings. The summed E-state index contributed by atoms with van der Waals surface area (Å²) in [4.78, 5) is 22.3. The molecule has 30 heavy (non-hydrogen) atoms. The lowest BCUT2D eigenvalue weighted by molar-refractivity contribution is -0.385. The van der Waals surface area contributed by atoms with Crippen LogP contribution in [0.25, 0.3) is 10.4 Å². The summed E-state index contributed by atoms with van der Waals surface area (Å²) in [6.45, 7) is 1.28. The maximum Gasteiger partial charge on any atom is 0.269 e. The van der Waals surface area contributed by atoms with Crippen LogP contribution in [-0.4, -0.2) is 41.3 Å². The summed E-state index contributed by atoms with van der Waals surface area (Å²) in [5.41, 5.74) is 8.09. The van der Waals surface area contributed by atoms with Crippen molar-refractivity contribution in [3.05, 3.63) is 79.2 Å². The standard InChI is InChI=1S/C9H10N4O3.C9H11NO4/c10-12-11-6-1-7-16-9-4-2-8(3-5-9)13(14)15;11-6-1-7-14-9-4-2-8(3-5-9)10(12)13/h2-5H,1,6-7H2;2-5,11H,1,6-7H2. The summed E-state index contributed by atoms with van der Waals surface area (Å²) in [6.07, 6.45) is 1.16. The zero-order chi connectivity index (χ0) is 22.2. The molecule has 0 aromatic heterocycles. The zero-order valence-corrected chi connectivity index (χ0v) is 16.0. The first-order valence-corrected chi connectivity index (χ1v) is 8.84. The van der Waals surface area contributed by atoms with E-state index in [2.05, 4.69) is 10.0 Å². The van der Waals surface area contributed by atoms with Gasteiger partial charge in [0.05, 0.1) is 23.1 Å². The molecule has 0 spiro atoms. The maximum atomic E-state index is 10.4. The molecule has 0 amide bonds. The molecule has 0 aliphatic heterocycles. The summed E-state index contributed by atoms with van der Waals surface area (Å²) in [7, 11) is 0. The smallest absolute Gasteiger partial charge is 0.269 e. The molecule has 12 nitrogen and oxygen atoms in total. The largest absolute Gasteiger partial charge is 0.494 e. The molecule has 160 valence electrons. The lowest BCUT2D eigenvalue weighted by Gasteiger charge is -2.03. The SMILES string of the molecule is O=[N+]([O-])c1ccc(OCCCO)cc1.[N-]=[N+]=NCCCOc1ccc([N+](=O)[O-])cc1. The normalized spacial score (nSPS) is 9.50. The number of rotatable bonds is 11. The number of non-ortho nitro benzene ring substituents is 2. The van der Waals surface area contributed by atoms with E-state index >= 15 is 0 Å². The van der Waals surface area contributed by atoms with Crippen molar-refractivity contribution >= 4 is 11.4 Å². The molecule has 2 aromatic carbocycles. The van der Waals surface area contributed by atoms with E-state index in [4.69, 9.17) is 20.1 Å². The fourth-order valence-electron chi connectivity index (χ4n) is 1.95. The third-order valence-electron chi connectivity index (χ3n) is 3.40. The summed E-state index contributed by atoms with van der Waals surface area (Å²) in [6, 6.07) is 11.7. The Morgan fingerprint density at radius 1 is 0.867 bits per heavy atom. The molecule has 0 bridgehead atoms. The first-order chi connectivity index (χ1) is 14.5. The number of azide groups is 1. The quantitative estimate of drug-likeness (QED) is 0.143. The average Bonchev–Trinajstić information content (AvgIpc) is 2.75. The van der Waals surface area contributed by atoms with Crippen molar-refractivity contribution in [2.45, 2.75) is 12.8 Å². The monoisotopic (exact) mass is 419 g/mol. The van der Waals surface area contributed by atoms with Crippen molar-refractivity contribution in [1.29, 1.82) is 0 Å². The Kier molecular flexibility index (Phi) is 11.4. The molecular formula is C18H21N5O7. The van der Waals surface area contributed by atoms with E-state index in [1.165, 1.54) is 48.5 Å². The zero-order valence-electron chi connectivity index (χ0n) is 16.0. The Hall–Kier alpha value is -3.89. The summed E-state index contributed by atoms with van der Waals surface area (Å²) < 4.78 is 10.5. The predicted octanol–water partition coefficient (Wildman–Crippen LogP) is 4.03. The van der Waals surface area contributed by atoms with E-state index in [-0.39, 0.29) is 18.0 Å². The van der Waals surface area contributed by atoms with Crippen LogP contribution in [0.4, 0.5) is 11.4 Å². The van der Waals surface area contributed by atoms with E-state index in [0.717, 1.165) is 0 Å². The van der Waals surface area contributed by atoms with Gasteiger partial charge in [-0.3, -0.25) is 20.2 Å². The molecule has 12 heteroatoms. The number of nitro groups is 2. The van der Waals surface area contributed by atoms with Crippen molar-refractivity contribution in [1.82, 2.24) is 0 Å². The molecule has 0 unspecified atom stereocenters. The average molecular weight is 419 g/mol. The van der Waals surface area contributed by atoms with Crippen LogP contribution in [0.15, 0.2) is 53.6 Å². The molecule has 0 aliphatic carbocycles. The van der Waals surface area contributed by atoms with E-state index in [9.17, 15) is 20.2 Å². The van der Waals surface area contributed by atoms with Crippen LogP contribution in [0.5, 0.6) is 11.5 Å². The summed E-state index contributed by atoms with van der Waals surface area (Å²) in [5, 5.41) is 32.5.